The zero-order valence-electron chi connectivity index (χ0n) is 9.90. The van der Waals surface area contributed by atoms with Gasteiger partial charge >= 0.3 is 0 Å². The smallest absolute Gasteiger partial charge is 0.241 e. The van der Waals surface area contributed by atoms with E-state index >= 15 is 0 Å². The first-order valence-corrected chi connectivity index (χ1v) is 6.30. The third-order valence-corrected chi connectivity index (χ3v) is 3.27. The van der Waals surface area contributed by atoms with Gasteiger partial charge in [0.25, 0.3) is 0 Å². The van der Waals surface area contributed by atoms with Crippen LogP contribution in [0.2, 0.25) is 0 Å². The summed E-state index contributed by atoms with van der Waals surface area (Å²) in [5.74, 6) is -0.157. The Kier molecular flexibility index (Phi) is 4.96. The molecule has 94 valence electrons. The summed E-state index contributed by atoms with van der Waals surface area (Å²) >= 11 is 3.27. The van der Waals surface area contributed by atoms with Gasteiger partial charge in [0.15, 0.2) is 0 Å². The average Bonchev–Trinajstić information content (AvgIpc) is 2.31. The summed E-state index contributed by atoms with van der Waals surface area (Å²) in [6, 6.07) is 4.27. The Hall–Kier alpha value is -1.07. The Morgan fingerprint density at radius 2 is 2.24 bits per heavy atom. The van der Waals surface area contributed by atoms with Crippen LogP contribution >= 0.6 is 15.9 Å². The van der Waals surface area contributed by atoms with Crippen molar-refractivity contribution in [2.75, 3.05) is 5.32 Å². The summed E-state index contributed by atoms with van der Waals surface area (Å²) in [6.45, 7) is 3.90. The number of aromatic hydroxyl groups is 1. The summed E-state index contributed by atoms with van der Waals surface area (Å²) in [7, 11) is 0. The molecule has 5 heteroatoms. The van der Waals surface area contributed by atoms with Crippen molar-refractivity contribution in [2.24, 2.45) is 11.7 Å². The number of benzene rings is 1. The molecule has 0 spiro atoms. The Bertz CT molecular complexity index is 409. The van der Waals surface area contributed by atoms with E-state index in [4.69, 9.17) is 5.73 Å². The monoisotopic (exact) mass is 300 g/mol. The first-order chi connectivity index (χ1) is 7.95. The molecular weight excluding hydrogens is 284 g/mol. The maximum atomic E-state index is 11.8. The van der Waals surface area contributed by atoms with E-state index in [1.165, 1.54) is 6.07 Å². The van der Waals surface area contributed by atoms with Crippen molar-refractivity contribution in [3.63, 3.8) is 0 Å². The molecule has 0 saturated heterocycles. The largest absolute Gasteiger partial charge is 0.506 e. The number of phenolic OH excluding ortho intramolecular Hbond substituents is 1. The zero-order valence-corrected chi connectivity index (χ0v) is 11.5. The van der Waals surface area contributed by atoms with Crippen LogP contribution in [0.4, 0.5) is 5.69 Å². The highest BCUT2D eigenvalue weighted by Gasteiger charge is 2.20. The molecule has 0 fully saturated rings. The molecule has 4 N–H and O–H groups in total. The fourth-order valence-corrected chi connectivity index (χ4v) is 1.70. The van der Waals surface area contributed by atoms with Crippen LogP contribution in [-0.4, -0.2) is 17.1 Å². The Morgan fingerprint density at radius 3 is 2.82 bits per heavy atom. The Morgan fingerprint density at radius 1 is 1.59 bits per heavy atom. The summed E-state index contributed by atoms with van der Waals surface area (Å²) < 4.78 is 0.780. The predicted molar refractivity (Wildman–Crippen MR) is 71.9 cm³/mol. The van der Waals surface area contributed by atoms with E-state index in [0.29, 0.717) is 5.69 Å². The van der Waals surface area contributed by atoms with Crippen molar-refractivity contribution >= 4 is 27.5 Å². The third kappa shape index (κ3) is 3.71. The third-order valence-electron chi connectivity index (χ3n) is 2.78. The first kappa shape index (κ1) is 14.0. The summed E-state index contributed by atoms with van der Waals surface area (Å²) in [5, 5.41) is 12.2. The quantitative estimate of drug-likeness (QED) is 0.748. The highest BCUT2D eigenvalue weighted by Crippen LogP contribution is 2.27. The molecule has 2 atom stereocenters. The first-order valence-electron chi connectivity index (χ1n) is 5.50. The SMILES string of the molecule is CC[C@H](C)[C@H](N)C(=O)Nc1cc(Br)ccc1O. The van der Waals surface area contributed by atoms with Crippen LogP contribution in [-0.2, 0) is 4.79 Å². The number of carbonyl (C=O) groups excluding carboxylic acids is 1. The maximum Gasteiger partial charge on any atom is 0.241 e. The molecule has 17 heavy (non-hydrogen) atoms. The van der Waals surface area contributed by atoms with Crippen LogP contribution in [0.15, 0.2) is 22.7 Å². The summed E-state index contributed by atoms with van der Waals surface area (Å²) in [6.07, 6.45) is 0.832. The number of hydrogen-bond donors (Lipinski definition) is 3. The van der Waals surface area contributed by atoms with Crippen molar-refractivity contribution in [3.8, 4) is 5.75 Å². The van der Waals surface area contributed by atoms with Crippen molar-refractivity contribution < 1.29 is 9.90 Å². The number of amides is 1. The van der Waals surface area contributed by atoms with Gasteiger partial charge in [0.1, 0.15) is 5.75 Å². The van der Waals surface area contributed by atoms with E-state index in [0.717, 1.165) is 10.9 Å². The van der Waals surface area contributed by atoms with Gasteiger partial charge < -0.3 is 16.2 Å². The number of nitrogens with one attached hydrogen (secondary N) is 1. The highest BCUT2D eigenvalue weighted by molar-refractivity contribution is 9.10. The standard InChI is InChI=1S/C12H17BrN2O2/c1-3-7(2)11(14)12(17)15-9-6-8(13)4-5-10(9)16/h4-7,11,16H,3,14H2,1-2H3,(H,15,17)/t7-,11-/m0/s1. The number of anilines is 1. The normalized spacial score (nSPS) is 14.1. The Labute approximate surface area is 109 Å². The van der Waals surface area contributed by atoms with Crippen molar-refractivity contribution in [3.05, 3.63) is 22.7 Å². The minimum absolute atomic E-state index is 0.0258. The lowest BCUT2D eigenvalue weighted by atomic mass is 9.99. The highest BCUT2D eigenvalue weighted by atomic mass is 79.9. The van der Waals surface area contributed by atoms with Crippen molar-refractivity contribution in [2.45, 2.75) is 26.3 Å². The molecule has 1 aromatic carbocycles. The molecule has 0 bridgehead atoms. The Balaban J connectivity index is 2.77. The van der Waals surface area contributed by atoms with Gasteiger partial charge in [-0.25, -0.2) is 0 Å². The molecule has 0 aromatic heterocycles. The lowest BCUT2D eigenvalue weighted by Crippen LogP contribution is -2.40. The average molecular weight is 301 g/mol. The minimum atomic E-state index is -0.571. The fourth-order valence-electron chi connectivity index (χ4n) is 1.34. The number of nitrogens with two attached hydrogens (primary N) is 1. The van der Waals surface area contributed by atoms with Gasteiger partial charge in [0.05, 0.1) is 11.7 Å². The van der Waals surface area contributed by atoms with Crippen molar-refractivity contribution in [1.82, 2.24) is 0 Å². The van der Waals surface area contributed by atoms with Crippen LogP contribution in [0.5, 0.6) is 5.75 Å². The molecule has 1 aromatic rings. The van der Waals surface area contributed by atoms with Crippen LogP contribution in [0, 0.1) is 5.92 Å². The number of halogens is 1. The van der Waals surface area contributed by atoms with E-state index in [-0.39, 0.29) is 17.6 Å². The van der Waals surface area contributed by atoms with E-state index in [9.17, 15) is 9.90 Å². The minimum Gasteiger partial charge on any atom is -0.506 e. The van der Waals surface area contributed by atoms with E-state index < -0.39 is 6.04 Å². The molecule has 4 nitrogen and oxygen atoms in total. The molecular formula is C12H17BrN2O2. The second-order valence-electron chi connectivity index (χ2n) is 4.06. The molecule has 0 aliphatic rings. The van der Waals surface area contributed by atoms with Gasteiger partial charge in [-0.2, -0.15) is 0 Å². The molecule has 1 rings (SSSR count). The number of carbonyl (C=O) groups is 1. The van der Waals surface area contributed by atoms with Gasteiger partial charge in [-0.15, -0.1) is 0 Å². The van der Waals surface area contributed by atoms with Crippen LogP contribution in [0.25, 0.3) is 0 Å². The van der Waals surface area contributed by atoms with Crippen LogP contribution < -0.4 is 11.1 Å². The van der Waals surface area contributed by atoms with E-state index in [2.05, 4.69) is 21.2 Å². The molecule has 0 aliphatic heterocycles. The lowest BCUT2D eigenvalue weighted by Gasteiger charge is -2.18. The number of phenols is 1. The van der Waals surface area contributed by atoms with Gasteiger partial charge in [-0.05, 0) is 24.1 Å². The fraction of sp³-hybridized carbons (Fsp3) is 0.417. The molecule has 0 saturated carbocycles. The second-order valence-corrected chi connectivity index (χ2v) is 4.98. The molecule has 0 aliphatic carbocycles. The molecule has 0 unspecified atom stereocenters. The zero-order chi connectivity index (χ0) is 13.0. The lowest BCUT2D eigenvalue weighted by molar-refractivity contribution is -0.118. The summed E-state index contributed by atoms with van der Waals surface area (Å²) in [4.78, 5) is 11.8. The second kappa shape index (κ2) is 6.02. The topological polar surface area (TPSA) is 75.4 Å². The molecule has 0 radical (unpaired) electrons. The van der Waals surface area contributed by atoms with Gasteiger partial charge in [0, 0.05) is 4.47 Å². The van der Waals surface area contributed by atoms with E-state index in [1.807, 2.05) is 13.8 Å². The van der Waals surface area contributed by atoms with Gasteiger partial charge in [-0.1, -0.05) is 36.2 Å². The van der Waals surface area contributed by atoms with Crippen molar-refractivity contribution in [1.29, 1.82) is 0 Å². The van der Waals surface area contributed by atoms with Gasteiger partial charge in [-0.3, -0.25) is 4.79 Å². The van der Waals surface area contributed by atoms with Gasteiger partial charge in [0.2, 0.25) is 5.91 Å². The molecule has 1 amide bonds. The number of hydrogen-bond acceptors (Lipinski definition) is 3. The van der Waals surface area contributed by atoms with Crippen LogP contribution in [0.1, 0.15) is 20.3 Å². The molecule has 0 heterocycles. The predicted octanol–water partition coefficient (Wildman–Crippen LogP) is 2.47. The van der Waals surface area contributed by atoms with E-state index in [1.54, 1.807) is 12.1 Å². The summed E-state index contributed by atoms with van der Waals surface area (Å²) in [5.41, 5.74) is 6.17. The number of rotatable bonds is 4. The van der Waals surface area contributed by atoms with Crippen LogP contribution in [0.3, 0.4) is 0 Å². The maximum absolute atomic E-state index is 11.8.